The molecular weight excluding hydrogens is 232 g/mol. The molecule has 2 atom stereocenters. The molecule has 1 heterocycles. The zero-order valence-electron chi connectivity index (χ0n) is 10.3. The maximum Gasteiger partial charge on any atom is 0.161 e. The van der Waals surface area contributed by atoms with Gasteiger partial charge in [-0.3, -0.25) is 4.79 Å². The first-order chi connectivity index (χ1) is 7.85. The van der Waals surface area contributed by atoms with Crippen molar-refractivity contribution < 1.29 is 4.79 Å². The van der Waals surface area contributed by atoms with E-state index in [0.717, 1.165) is 17.7 Å². The Bertz CT molecular complexity index is 470. The van der Waals surface area contributed by atoms with E-state index >= 15 is 0 Å². The van der Waals surface area contributed by atoms with E-state index in [1.54, 1.807) is 0 Å². The topological polar surface area (TPSA) is 52.9 Å². The number of Topliss-reactive ketones (excluding diaryl/α,β-unsaturated/α-hetero) is 1. The Hall–Kier alpha value is -1.21. The molecule has 0 saturated heterocycles. The van der Waals surface area contributed by atoms with Crippen LogP contribution in [0.3, 0.4) is 0 Å². The molecule has 0 aromatic heterocycles. The van der Waals surface area contributed by atoms with E-state index in [9.17, 15) is 4.79 Å². The van der Waals surface area contributed by atoms with Gasteiger partial charge >= 0.3 is 0 Å². The van der Waals surface area contributed by atoms with Crippen molar-refractivity contribution in [1.29, 1.82) is 5.26 Å². The molecule has 0 fully saturated rings. The van der Waals surface area contributed by atoms with Crippen LogP contribution in [0.5, 0.6) is 0 Å². The van der Waals surface area contributed by atoms with Gasteiger partial charge < -0.3 is 5.32 Å². The van der Waals surface area contributed by atoms with Crippen LogP contribution in [0.25, 0.3) is 0 Å². The number of nitrogens with zero attached hydrogens (tertiary/aromatic N) is 1. The Morgan fingerprint density at radius 2 is 2.12 bits per heavy atom. The van der Waals surface area contributed by atoms with E-state index in [0.29, 0.717) is 11.4 Å². The van der Waals surface area contributed by atoms with E-state index in [2.05, 4.69) is 25.2 Å². The first-order valence-electron chi connectivity index (χ1n) is 5.82. The number of rotatable bonds is 0. The first kappa shape index (κ1) is 12.3. The molecule has 2 aliphatic rings. The highest BCUT2D eigenvalue weighted by molar-refractivity contribution is 7.80. The van der Waals surface area contributed by atoms with Crippen LogP contribution in [0.15, 0.2) is 11.3 Å². The van der Waals surface area contributed by atoms with Gasteiger partial charge in [0.2, 0.25) is 0 Å². The molecule has 0 radical (unpaired) electrons. The molecule has 2 rings (SSSR count). The monoisotopic (exact) mass is 248 g/mol. The number of carbonyl (C=O) groups excluding carboxylic acids is 1. The van der Waals surface area contributed by atoms with Crippen molar-refractivity contribution in [2.24, 2.45) is 17.3 Å². The van der Waals surface area contributed by atoms with Gasteiger partial charge in [0.25, 0.3) is 0 Å². The Morgan fingerprint density at radius 3 is 2.71 bits per heavy atom. The lowest BCUT2D eigenvalue weighted by molar-refractivity contribution is -0.118. The molecule has 1 N–H and O–H groups in total. The summed E-state index contributed by atoms with van der Waals surface area (Å²) in [6.07, 6.45) is 1.39. The van der Waals surface area contributed by atoms with Gasteiger partial charge in [-0.25, -0.2) is 0 Å². The number of allylic oxidation sites excluding steroid dienone is 2. The van der Waals surface area contributed by atoms with Crippen molar-refractivity contribution >= 4 is 23.0 Å². The first-order valence-corrected chi connectivity index (χ1v) is 6.23. The highest BCUT2D eigenvalue weighted by Crippen LogP contribution is 2.41. The lowest BCUT2D eigenvalue weighted by Crippen LogP contribution is -2.44. The molecule has 0 unspecified atom stereocenters. The second kappa shape index (κ2) is 3.92. The van der Waals surface area contributed by atoms with Gasteiger partial charge in [0, 0.05) is 23.6 Å². The molecule has 0 aromatic carbocycles. The summed E-state index contributed by atoms with van der Waals surface area (Å²) >= 11 is 5.21. The van der Waals surface area contributed by atoms with E-state index in [4.69, 9.17) is 17.5 Å². The summed E-state index contributed by atoms with van der Waals surface area (Å²) in [6.45, 7) is 6.09. The molecule has 0 spiro atoms. The Labute approximate surface area is 107 Å². The number of carbonyl (C=O) groups is 1. The average Bonchev–Trinajstić information content (AvgIpc) is 2.14. The van der Waals surface area contributed by atoms with Crippen LogP contribution in [0, 0.1) is 28.6 Å². The summed E-state index contributed by atoms with van der Waals surface area (Å²) in [5.41, 5.74) is 1.72. The van der Waals surface area contributed by atoms with Crippen molar-refractivity contribution in [3.63, 3.8) is 0 Å². The third-order valence-electron chi connectivity index (χ3n) is 3.57. The molecule has 1 aliphatic heterocycles. The third-order valence-corrected chi connectivity index (χ3v) is 3.93. The van der Waals surface area contributed by atoms with Crippen molar-refractivity contribution in [3.8, 4) is 6.07 Å². The Balaban J connectivity index is 2.45. The summed E-state index contributed by atoms with van der Waals surface area (Å²) in [6, 6.07) is 2.19. The second-order valence-corrected chi connectivity index (χ2v) is 6.16. The molecule has 0 saturated carbocycles. The normalized spacial score (nSPS) is 31.6. The van der Waals surface area contributed by atoms with Gasteiger partial charge in [-0.05, 0) is 11.8 Å². The predicted octanol–water partition coefficient (Wildman–Crippen LogP) is 2.34. The fourth-order valence-corrected chi connectivity index (χ4v) is 3.15. The lowest BCUT2D eigenvalue weighted by Gasteiger charge is -2.39. The van der Waals surface area contributed by atoms with E-state index < -0.39 is 0 Å². The van der Waals surface area contributed by atoms with Crippen LogP contribution in [0.2, 0.25) is 0 Å². The van der Waals surface area contributed by atoms with Crippen LogP contribution in [-0.2, 0) is 4.79 Å². The minimum absolute atomic E-state index is 0.0161. The smallest absolute Gasteiger partial charge is 0.161 e. The Morgan fingerprint density at radius 1 is 1.47 bits per heavy atom. The largest absolute Gasteiger partial charge is 0.352 e. The van der Waals surface area contributed by atoms with Crippen molar-refractivity contribution in [2.75, 3.05) is 0 Å². The van der Waals surface area contributed by atoms with Gasteiger partial charge in [0.1, 0.15) is 5.92 Å². The summed E-state index contributed by atoms with van der Waals surface area (Å²) in [4.78, 5) is 12.7. The second-order valence-electron chi connectivity index (χ2n) is 5.72. The molecule has 0 bridgehead atoms. The predicted molar refractivity (Wildman–Crippen MR) is 69.0 cm³/mol. The minimum Gasteiger partial charge on any atom is -0.352 e. The number of ketones is 1. The van der Waals surface area contributed by atoms with Gasteiger partial charge in [0.05, 0.1) is 11.1 Å². The van der Waals surface area contributed by atoms with E-state index in [1.807, 2.05) is 6.92 Å². The van der Waals surface area contributed by atoms with Crippen LogP contribution < -0.4 is 5.32 Å². The Kier molecular flexibility index (Phi) is 2.82. The van der Waals surface area contributed by atoms with E-state index in [1.165, 1.54) is 0 Å². The molecule has 3 nitrogen and oxygen atoms in total. The minimum atomic E-state index is -0.367. The van der Waals surface area contributed by atoms with Crippen LogP contribution in [0.4, 0.5) is 0 Å². The van der Waals surface area contributed by atoms with Crippen LogP contribution in [-0.4, -0.2) is 10.8 Å². The SMILES string of the molecule is C[C@@H]1C2=C(CC(C)(C)CC2=O)NC(=S)[C@H]1C#N. The summed E-state index contributed by atoms with van der Waals surface area (Å²) < 4.78 is 0. The number of nitrogens with one attached hydrogen (secondary N) is 1. The summed E-state index contributed by atoms with van der Waals surface area (Å²) in [5.74, 6) is -0.278. The molecule has 4 heteroatoms. The fraction of sp³-hybridized carbons (Fsp3) is 0.615. The van der Waals surface area contributed by atoms with Gasteiger partial charge in [-0.15, -0.1) is 0 Å². The van der Waals surface area contributed by atoms with Gasteiger partial charge in [-0.2, -0.15) is 5.26 Å². The molecular formula is C13H16N2OS. The van der Waals surface area contributed by atoms with Crippen LogP contribution in [0.1, 0.15) is 33.6 Å². The molecule has 0 aromatic rings. The standard InChI is InChI=1S/C13H16N2OS/c1-7-8(6-14)12(17)15-9-4-13(2,3)5-10(16)11(7)9/h7-8H,4-5H2,1-3H3,(H,15,17)/t7-,8-/m0/s1. The summed E-state index contributed by atoms with van der Waals surface area (Å²) in [7, 11) is 0. The average molecular weight is 248 g/mol. The third kappa shape index (κ3) is 2.00. The van der Waals surface area contributed by atoms with Crippen LogP contribution >= 0.6 is 12.2 Å². The lowest BCUT2D eigenvalue weighted by atomic mass is 9.69. The van der Waals surface area contributed by atoms with Gasteiger partial charge in [-0.1, -0.05) is 33.0 Å². The number of nitriles is 1. The number of hydrogen-bond donors (Lipinski definition) is 1. The highest BCUT2D eigenvalue weighted by Gasteiger charge is 2.41. The van der Waals surface area contributed by atoms with Crippen molar-refractivity contribution in [3.05, 3.63) is 11.3 Å². The highest BCUT2D eigenvalue weighted by atomic mass is 32.1. The zero-order valence-corrected chi connectivity index (χ0v) is 11.1. The zero-order chi connectivity index (χ0) is 12.8. The van der Waals surface area contributed by atoms with E-state index in [-0.39, 0.29) is 23.0 Å². The molecule has 17 heavy (non-hydrogen) atoms. The van der Waals surface area contributed by atoms with Crippen molar-refractivity contribution in [1.82, 2.24) is 5.32 Å². The molecule has 0 amide bonds. The van der Waals surface area contributed by atoms with Gasteiger partial charge in [0.15, 0.2) is 5.78 Å². The van der Waals surface area contributed by atoms with Crippen molar-refractivity contribution in [2.45, 2.75) is 33.6 Å². The maximum absolute atomic E-state index is 12.2. The maximum atomic E-state index is 12.2. The molecule has 1 aliphatic carbocycles. The molecule has 90 valence electrons. The number of thiocarbonyl (C=S) groups is 1. The quantitative estimate of drug-likeness (QED) is 0.668. The fourth-order valence-electron chi connectivity index (χ4n) is 2.77. The summed E-state index contributed by atoms with van der Waals surface area (Å²) in [5, 5.41) is 12.2. The number of hydrogen-bond acceptors (Lipinski definition) is 3.